The average Bonchev–Trinajstić information content (AvgIpc) is 2.36. The molecule has 0 aliphatic carbocycles. The zero-order valence-corrected chi connectivity index (χ0v) is 11.8. The van der Waals surface area contributed by atoms with Gasteiger partial charge in [-0.25, -0.2) is 4.98 Å². The molecule has 0 aliphatic heterocycles. The van der Waals surface area contributed by atoms with Crippen LogP contribution in [0.25, 0.3) is 0 Å². The Labute approximate surface area is 112 Å². The molecule has 0 bridgehead atoms. The van der Waals surface area contributed by atoms with Crippen LogP contribution in [0.4, 0.5) is 5.82 Å². The van der Waals surface area contributed by atoms with E-state index in [2.05, 4.69) is 10.3 Å². The molecule has 1 aromatic rings. The van der Waals surface area contributed by atoms with Crippen molar-refractivity contribution < 1.29 is 9.90 Å². The lowest BCUT2D eigenvalue weighted by molar-refractivity contribution is -0.147. The molecular formula is C13H21N3O3. The topological polar surface area (TPSA) is 84.2 Å². The van der Waals surface area contributed by atoms with Gasteiger partial charge in [0, 0.05) is 25.0 Å². The first-order valence-electron chi connectivity index (χ1n) is 6.36. The summed E-state index contributed by atoms with van der Waals surface area (Å²) in [5.41, 5.74) is -1.14. The second kappa shape index (κ2) is 5.86. The molecule has 106 valence electrons. The van der Waals surface area contributed by atoms with Gasteiger partial charge in [0.2, 0.25) is 0 Å². The highest BCUT2D eigenvalue weighted by Gasteiger charge is 2.31. The molecule has 1 rings (SSSR count). The van der Waals surface area contributed by atoms with E-state index in [4.69, 9.17) is 0 Å². The highest BCUT2D eigenvalue weighted by Crippen LogP contribution is 2.21. The lowest BCUT2D eigenvalue weighted by Crippen LogP contribution is -2.36. The summed E-state index contributed by atoms with van der Waals surface area (Å²) in [5.74, 6) is -0.695. The third-order valence-corrected chi connectivity index (χ3v) is 3.37. The van der Waals surface area contributed by atoms with Crippen LogP contribution in [-0.2, 0) is 4.79 Å². The van der Waals surface area contributed by atoms with Crippen molar-refractivity contribution in [2.45, 2.75) is 40.2 Å². The Hall–Kier alpha value is -1.85. The molecule has 0 saturated heterocycles. The van der Waals surface area contributed by atoms with Gasteiger partial charge < -0.3 is 15.0 Å². The van der Waals surface area contributed by atoms with E-state index >= 15 is 0 Å². The predicted octanol–water partition coefficient (Wildman–Crippen LogP) is 1.74. The first-order valence-corrected chi connectivity index (χ1v) is 6.36. The molecule has 1 unspecified atom stereocenters. The molecule has 0 aliphatic rings. The summed E-state index contributed by atoms with van der Waals surface area (Å²) in [6, 6.07) is 0.0353. The molecule has 0 aromatic carbocycles. The van der Waals surface area contributed by atoms with Crippen molar-refractivity contribution in [3.63, 3.8) is 0 Å². The van der Waals surface area contributed by atoms with Gasteiger partial charge in [0.1, 0.15) is 0 Å². The van der Waals surface area contributed by atoms with Gasteiger partial charge in [-0.15, -0.1) is 0 Å². The normalized spacial score (nSPS) is 14.2. The second-order valence-electron chi connectivity index (χ2n) is 5.15. The molecule has 19 heavy (non-hydrogen) atoms. The first kappa shape index (κ1) is 15.2. The van der Waals surface area contributed by atoms with Crippen molar-refractivity contribution >= 4 is 11.8 Å². The lowest BCUT2D eigenvalue weighted by atomic mass is 9.88. The average molecular weight is 267 g/mol. The van der Waals surface area contributed by atoms with Crippen LogP contribution >= 0.6 is 0 Å². The van der Waals surface area contributed by atoms with Gasteiger partial charge in [-0.05, 0) is 27.2 Å². The summed E-state index contributed by atoms with van der Waals surface area (Å²) in [4.78, 5) is 27.2. The van der Waals surface area contributed by atoms with Crippen molar-refractivity contribution in [3.8, 4) is 0 Å². The number of aromatic nitrogens is 2. The molecule has 6 nitrogen and oxygen atoms in total. The molecular weight excluding hydrogens is 246 g/mol. The summed E-state index contributed by atoms with van der Waals surface area (Å²) in [6.07, 6.45) is 3.63. The molecule has 0 spiro atoms. The van der Waals surface area contributed by atoms with E-state index in [9.17, 15) is 14.7 Å². The number of carboxylic acids is 1. The van der Waals surface area contributed by atoms with E-state index in [1.807, 2.05) is 13.8 Å². The van der Waals surface area contributed by atoms with Crippen LogP contribution in [0.5, 0.6) is 0 Å². The summed E-state index contributed by atoms with van der Waals surface area (Å²) < 4.78 is 1.55. The number of hydrogen-bond donors (Lipinski definition) is 2. The number of nitrogens with zero attached hydrogens (tertiary/aromatic N) is 2. The van der Waals surface area contributed by atoms with Crippen LogP contribution in [0.1, 0.15) is 40.2 Å². The number of carbonyl (C=O) groups is 1. The first-order chi connectivity index (χ1) is 8.81. The summed E-state index contributed by atoms with van der Waals surface area (Å²) >= 11 is 0. The SMILES string of the molecule is CCC(C)(CNc1nccn(C(C)C)c1=O)C(=O)O. The third-order valence-electron chi connectivity index (χ3n) is 3.37. The van der Waals surface area contributed by atoms with Crippen LogP contribution in [0.2, 0.25) is 0 Å². The Morgan fingerprint density at radius 1 is 1.58 bits per heavy atom. The van der Waals surface area contributed by atoms with E-state index < -0.39 is 11.4 Å². The zero-order valence-electron chi connectivity index (χ0n) is 11.8. The van der Waals surface area contributed by atoms with Gasteiger partial charge in [-0.1, -0.05) is 6.92 Å². The van der Waals surface area contributed by atoms with Gasteiger partial charge in [0.15, 0.2) is 5.82 Å². The highest BCUT2D eigenvalue weighted by molar-refractivity contribution is 5.74. The van der Waals surface area contributed by atoms with E-state index in [0.29, 0.717) is 6.42 Å². The van der Waals surface area contributed by atoms with Gasteiger partial charge in [0.25, 0.3) is 5.56 Å². The molecule has 1 atom stereocenters. The fourth-order valence-electron chi connectivity index (χ4n) is 1.58. The largest absolute Gasteiger partial charge is 0.481 e. The highest BCUT2D eigenvalue weighted by atomic mass is 16.4. The molecule has 0 saturated carbocycles. The molecule has 6 heteroatoms. The predicted molar refractivity (Wildman–Crippen MR) is 73.4 cm³/mol. The fraction of sp³-hybridized carbons (Fsp3) is 0.615. The van der Waals surface area contributed by atoms with Crippen LogP contribution in [0.15, 0.2) is 17.2 Å². The van der Waals surface area contributed by atoms with E-state index in [1.54, 1.807) is 24.6 Å². The molecule has 0 amide bonds. The lowest BCUT2D eigenvalue weighted by Gasteiger charge is -2.23. The van der Waals surface area contributed by atoms with Crippen molar-refractivity contribution in [3.05, 3.63) is 22.7 Å². The van der Waals surface area contributed by atoms with E-state index in [1.165, 1.54) is 6.20 Å². The van der Waals surface area contributed by atoms with E-state index in [0.717, 1.165) is 0 Å². The minimum Gasteiger partial charge on any atom is -0.481 e. The van der Waals surface area contributed by atoms with Gasteiger partial charge in [-0.2, -0.15) is 0 Å². The third kappa shape index (κ3) is 3.33. The van der Waals surface area contributed by atoms with Crippen molar-refractivity contribution in [1.29, 1.82) is 0 Å². The Bertz CT molecular complexity index is 510. The zero-order chi connectivity index (χ0) is 14.6. The number of nitrogens with one attached hydrogen (secondary N) is 1. The Morgan fingerprint density at radius 2 is 2.21 bits per heavy atom. The van der Waals surface area contributed by atoms with Gasteiger partial charge >= 0.3 is 5.97 Å². The quantitative estimate of drug-likeness (QED) is 0.820. The molecule has 0 radical (unpaired) electrons. The van der Waals surface area contributed by atoms with Gasteiger partial charge in [-0.3, -0.25) is 9.59 Å². The van der Waals surface area contributed by atoms with Crippen molar-refractivity contribution in [2.24, 2.45) is 5.41 Å². The maximum Gasteiger partial charge on any atom is 0.311 e. The summed E-state index contributed by atoms with van der Waals surface area (Å²) in [6.45, 7) is 7.42. The Morgan fingerprint density at radius 3 is 2.68 bits per heavy atom. The van der Waals surface area contributed by atoms with Crippen molar-refractivity contribution in [2.75, 3.05) is 11.9 Å². The molecule has 1 heterocycles. The Balaban J connectivity index is 2.93. The van der Waals surface area contributed by atoms with Crippen LogP contribution in [-0.4, -0.2) is 27.2 Å². The fourth-order valence-corrected chi connectivity index (χ4v) is 1.58. The van der Waals surface area contributed by atoms with Gasteiger partial charge in [0.05, 0.1) is 5.41 Å². The summed E-state index contributed by atoms with van der Waals surface area (Å²) in [7, 11) is 0. The minimum atomic E-state index is -0.910. The molecule has 2 N–H and O–H groups in total. The standard InChI is InChI=1S/C13H21N3O3/c1-5-13(4,12(18)19)8-15-10-11(17)16(9(2)3)7-6-14-10/h6-7,9H,5,8H2,1-4H3,(H,14,15)(H,18,19). The smallest absolute Gasteiger partial charge is 0.311 e. The number of hydrogen-bond acceptors (Lipinski definition) is 4. The molecule has 0 fully saturated rings. The van der Waals surface area contributed by atoms with Crippen LogP contribution in [0, 0.1) is 5.41 Å². The number of aliphatic carboxylic acids is 1. The number of rotatable bonds is 6. The maximum atomic E-state index is 12.1. The number of anilines is 1. The molecule has 1 aromatic heterocycles. The Kier molecular flexibility index (Phi) is 4.69. The number of carboxylic acid groups (broad SMARTS) is 1. The van der Waals surface area contributed by atoms with Crippen LogP contribution in [0.3, 0.4) is 0 Å². The minimum absolute atomic E-state index is 0.0353. The van der Waals surface area contributed by atoms with Crippen LogP contribution < -0.4 is 10.9 Å². The second-order valence-corrected chi connectivity index (χ2v) is 5.15. The van der Waals surface area contributed by atoms with E-state index in [-0.39, 0.29) is 24.0 Å². The van der Waals surface area contributed by atoms with Crippen molar-refractivity contribution in [1.82, 2.24) is 9.55 Å². The monoisotopic (exact) mass is 267 g/mol. The summed E-state index contributed by atoms with van der Waals surface area (Å²) in [5, 5.41) is 12.0. The maximum absolute atomic E-state index is 12.1.